The number of piperidine rings is 1. The monoisotopic (exact) mass is 390 g/mol. The zero-order chi connectivity index (χ0) is 19.8. The number of benzene rings is 2. The zero-order valence-electron chi connectivity index (χ0n) is 16.5. The molecule has 5 heteroatoms. The number of carbonyl (C=O) groups is 2. The smallest absolute Gasteiger partial charge is 0.407 e. The third-order valence-corrected chi connectivity index (χ3v) is 6.74. The summed E-state index contributed by atoms with van der Waals surface area (Å²) >= 11 is 0. The summed E-state index contributed by atoms with van der Waals surface area (Å²) in [6.45, 7) is 2.02. The lowest BCUT2D eigenvalue weighted by molar-refractivity contribution is -0.142. The van der Waals surface area contributed by atoms with E-state index in [4.69, 9.17) is 4.74 Å². The number of alkyl carbamates (subject to hydrolysis) is 1. The van der Waals surface area contributed by atoms with Crippen LogP contribution >= 0.6 is 0 Å². The minimum atomic E-state index is -0.352. The molecule has 1 N–H and O–H groups in total. The molecule has 5 rings (SSSR count). The lowest BCUT2D eigenvalue weighted by Gasteiger charge is -2.45. The van der Waals surface area contributed by atoms with Crippen LogP contribution in [0.4, 0.5) is 4.79 Å². The van der Waals surface area contributed by atoms with Crippen molar-refractivity contribution in [3.05, 3.63) is 60.2 Å². The van der Waals surface area contributed by atoms with Gasteiger partial charge in [-0.05, 0) is 48.3 Å². The molecule has 0 radical (unpaired) electrons. The minimum Gasteiger partial charge on any atom is -0.447 e. The van der Waals surface area contributed by atoms with Crippen molar-refractivity contribution in [2.75, 3.05) is 19.7 Å². The predicted molar refractivity (Wildman–Crippen MR) is 110 cm³/mol. The summed E-state index contributed by atoms with van der Waals surface area (Å²) in [7, 11) is 0. The van der Waals surface area contributed by atoms with Crippen LogP contribution in [-0.4, -0.2) is 42.1 Å². The van der Waals surface area contributed by atoms with Gasteiger partial charge in [-0.3, -0.25) is 4.79 Å². The normalized spacial score (nSPS) is 26.7. The first-order valence-electron chi connectivity index (χ1n) is 10.5. The quantitative estimate of drug-likeness (QED) is 0.863. The van der Waals surface area contributed by atoms with Crippen molar-refractivity contribution in [2.45, 2.75) is 37.1 Å². The summed E-state index contributed by atoms with van der Waals surface area (Å²) in [5.41, 5.74) is 3.58. The van der Waals surface area contributed by atoms with Crippen LogP contribution in [0.1, 0.15) is 37.2 Å². The molecule has 3 aliphatic rings. The largest absolute Gasteiger partial charge is 0.447 e. The molecule has 150 valence electrons. The van der Waals surface area contributed by atoms with E-state index in [2.05, 4.69) is 53.8 Å². The van der Waals surface area contributed by atoms with Crippen LogP contribution in [0, 0.1) is 5.92 Å². The molecule has 1 aliphatic carbocycles. The Kier molecular flexibility index (Phi) is 4.53. The van der Waals surface area contributed by atoms with Gasteiger partial charge in [-0.15, -0.1) is 0 Å². The Hall–Kier alpha value is -2.82. The van der Waals surface area contributed by atoms with Crippen molar-refractivity contribution in [1.82, 2.24) is 10.2 Å². The van der Waals surface area contributed by atoms with Gasteiger partial charge in [0.25, 0.3) is 0 Å². The predicted octanol–water partition coefficient (Wildman–Crippen LogP) is 3.95. The van der Waals surface area contributed by atoms with Crippen molar-refractivity contribution >= 4 is 12.0 Å². The number of ether oxygens (including phenoxy) is 1. The van der Waals surface area contributed by atoms with Gasteiger partial charge in [0.05, 0.1) is 5.54 Å². The summed E-state index contributed by atoms with van der Waals surface area (Å²) in [4.78, 5) is 26.2. The molecule has 0 unspecified atom stereocenters. The van der Waals surface area contributed by atoms with Crippen LogP contribution in [-0.2, 0) is 9.53 Å². The number of nitrogens with zero attached hydrogens (tertiary/aromatic N) is 1. The van der Waals surface area contributed by atoms with Gasteiger partial charge >= 0.3 is 6.09 Å². The standard InChI is InChI=1S/C24H26N2O3/c27-22(21-14-24(15-21)16-29-23(28)25-24)26-11-9-18(10-12-26)20-8-4-7-19(13-20)17-5-2-1-3-6-17/h1-8,13,18,21H,9-12,14-16H2,(H,25,28). The van der Waals surface area contributed by atoms with Crippen molar-refractivity contribution in [1.29, 1.82) is 0 Å². The maximum absolute atomic E-state index is 12.9. The maximum atomic E-state index is 12.9. The lowest BCUT2D eigenvalue weighted by atomic mass is 9.68. The average Bonchev–Trinajstić information content (AvgIpc) is 3.15. The topological polar surface area (TPSA) is 58.6 Å². The van der Waals surface area contributed by atoms with E-state index in [-0.39, 0.29) is 23.5 Å². The zero-order valence-corrected chi connectivity index (χ0v) is 16.5. The summed E-state index contributed by atoms with van der Waals surface area (Å²) in [5.74, 6) is 0.765. The molecule has 5 nitrogen and oxygen atoms in total. The highest BCUT2D eigenvalue weighted by molar-refractivity contribution is 5.81. The number of hydrogen-bond acceptors (Lipinski definition) is 3. The Bertz CT molecular complexity index is 913. The van der Waals surface area contributed by atoms with Crippen molar-refractivity contribution in [3.63, 3.8) is 0 Å². The number of cyclic esters (lactones) is 1. The molecule has 0 atom stereocenters. The fourth-order valence-corrected chi connectivity index (χ4v) is 5.06. The van der Waals surface area contributed by atoms with E-state index in [1.54, 1.807) is 0 Å². The van der Waals surface area contributed by atoms with E-state index in [0.717, 1.165) is 25.9 Å². The summed E-state index contributed by atoms with van der Waals surface area (Å²) < 4.78 is 5.01. The molecule has 1 saturated carbocycles. The summed E-state index contributed by atoms with van der Waals surface area (Å²) in [6.07, 6.45) is 3.06. The van der Waals surface area contributed by atoms with Gasteiger partial charge < -0.3 is 15.0 Å². The summed E-state index contributed by atoms with van der Waals surface area (Å²) in [5, 5.41) is 2.87. The Morgan fingerprint density at radius 3 is 2.41 bits per heavy atom. The maximum Gasteiger partial charge on any atom is 0.407 e. The third kappa shape index (κ3) is 3.50. The van der Waals surface area contributed by atoms with Crippen LogP contribution in [0.5, 0.6) is 0 Å². The molecular formula is C24H26N2O3. The second-order valence-corrected chi connectivity index (χ2v) is 8.68. The van der Waals surface area contributed by atoms with E-state index < -0.39 is 0 Å². The van der Waals surface area contributed by atoms with Crippen molar-refractivity contribution < 1.29 is 14.3 Å². The second-order valence-electron chi connectivity index (χ2n) is 8.68. The van der Waals surface area contributed by atoms with E-state index in [1.807, 2.05) is 11.0 Å². The lowest BCUT2D eigenvalue weighted by Crippen LogP contribution is -2.58. The first kappa shape index (κ1) is 18.2. The van der Waals surface area contributed by atoms with E-state index in [1.165, 1.54) is 16.7 Å². The van der Waals surface area contributed by atoms with E-state index in [0.29, 0.717) is 25.4 Å². The molecule has 0 bridgehead atoms. The molecule has 2 aromatic carbocycles. The third-order valence-electron chi connectivity index (χ3n) is 6.74. The van der Waals surface area contributed by atoms with E-state index in [9.17, 15) is 9.59 Å². The Morgan fingerprint density at radius 1 is 1.00 bits per heavy atom. The summed E-state index contributed by atoms with van der Waals surface area (Å²) in [6, 6.07) is 19.3. The first-order valence-corrected chi connectivity index (χ1v) is 10.5. The first-order chi connectivity index (χ1) is 14.1. The fourth-order valence-electron chi connectivity index (χ4n) is 5.06. The molecule has 1 spiro atoms. The van der Waals surface area contributed by atoms with Crippen LogP contribution in [0.3, 0.4) is 0 Å². The van der Waals surface area contributed by atoms with Crippen LogP contribution in [0.25, 0.3) is 11.1 Å². The molecule has 2 heterocycles. The number of nitrogens with one attached hydrogen (secondary N) is 1. The Labute approximate surface area is 171 Å². The highest BCUT2D eigenvalue weighted by atomic mass is 16.6. The van der Waals surface area contributed by atoms with Crippen molar-refractivity contribution in [2.24, 2.45) is 5.92 Å². The fraction of sp³-hybridized carbons (Fsp3) is 0.417. The number of amides is 2. The number of likely N-dealkylation sites (tertiary alicyclic amines) is 1. The Morgan fingerprint density at radius 2 is 1.72 bits per heavy atom. The van der Waals surface area contributed by atoms with Gasteiger partial charge in [-0.25, -0.2) is 4.79 Å². The van der Waals surface area contributed by atoms with Gasteiger partial charge in [0.2, 0.25) is 5.91 Å². The number of rotatable bonds is 3. The Balaban J connectivity index is 1.18. The molecule has 2 aliphatic heterocycles. The van der Waals surface area contributed by atoms with E-state index >= 15 is 0 Å². The molecule has 29 heavy (non-hydrogen) atoms. The molecule has 2 saturated heterocycles. The van der Waals surface area contributed by atoms with Crippen LogP contribution < -0.4 is 5.32 Å². The second kappa shape index (κ2) is 7.21. The van der Waals surface area contributed by atoms with Crippen LogP contribution in [0.2, 0.25) is 0 Å². The SMILES string of the molecule is O=C1NC2(CO1)CC(C(=O)N1CCC(c3cccc(-c4ccccc4)c3)CC1)C2. The average molecular weight is 390 g/mol. The van der Waals surface area contributed by atoms with Gasteiger partial charge in [0.1, 0.15) is 6.61 Å². The van der Waals surface area contributed by atoms with Crippen LogP contribution in [0.15, 0.2) is 54.6 Å². The molecule has 3 fully saturated rings. The van der Waals surface area contributed by atoms with Gasteiger partial charge in [-0.2, -0.15) is 0 Å². The number of carbonyl (C=O) groups excluding carboxylic acids is 2. The highest BCUT2D eigenvalue weighted by Gasteiger charge is 2.53. The van der Waals surface area contributed by atoms with Gasteiger partial charge in [0, 0.05) is 19.0 Å². The van der Waals surface area contributed by atoms with Gasteiger partial charge in [0.15, 0.2) is 0 Å². The molecule has 2 amide bonds. The molecular weight excluding hydrogens is 364 g/mol. The molecule has 0 aromatic heterocycles. The minimum absolute atomic E-state index is 0.0231. The number of hydrogen-bond donors (Lipinski definition) is 1. The van der Waals surface area contributed by atoms with Crippen molar-refractivity contribution in [3.8, 4) is 11.1 Å². The van der Waals surface area contributed by atoms with Gasteiger partial charge in [-0.1, -0.05) is 54.6 Å². The highest BCUT2D eigenvalue weighted by Crippen LogP contribution is 2.42. The molecule has 2 aromatic rings.